The van der Waals surface area contributed by atoms with Crippen molar-refractivity contribution in [2.24, 2.45) is 0 Å². The van der Waals surface area contributed by atoms with Crippen molar-refractivity contribution in [2.75, 3.05) is 7.11 Å². The van der Waals surface area contributed by atoms with Crippen molar-refractivity contribution in [3.05, 3.63) is 58.7 Å². The summed E-state index contributed by atoms with van der Waals surface area (Å²) in [4.78, 5) is 0. The van der Waals surface area contributed by atoms with Crippen LogP contribution in [-0.4, -0.2) is 12.2 Å². The molecule has 0 radical (unpaired) electrons. The average Bonchev–Trinajstić information content (AvgIpc) is 2.54. The summed E-state index contributed by atoms with van der Waals surface area (Å²) in [6.07, 6.45) is 1.78. The topological polar surface area (TPSA) is 29.5 Å². The second-order valence-electron chi connectivity index (χ2n) is 6.20. The molecule has 124 valence electrons. The Hall–Kier alpha value is -1.27. The number of phenolic OH excluding ortho intramolecular Hbond substituents is 1. The first kappa shape index (κ1) is 19.8. The normalized spacial score (nSPS) is 11.0. The van der Waals surface area contributed by atoms with Gasteiger partial charge in [-0.15, -0.1) is 0 Å². The molecule has 2 nitrogen and oxygen atoms in total. The van der Waals surface area contributed by atoms with Crippen LogP contribution >= 0.6 is 0 Å². The molecule has 0 aliphatic heterocycles. The van der Waals surface area contributed by atoms with Crippen LogP contribution in [0, 0.1) is 0 Å². The van der Waals surface area contributed by atoms with Crippen LogP contribution in [0.1, 0.15) is 49.9 Å². The fourth-order valence-electron chi connectivity index (χ4n) is 2.87. The largest absolute Gasteiger partial charge is 0.508 e. The Morgan fingerprint density at radius 2 is 1.43 bits per heavy atom. The van der Waals surface area contributed by atoms with Crippen molar-refractivity contribution in [3.63, 3.8) is 0 Å². The fourth-order valence-corrected chi connectivity index (χ4v) is 2.87. The van der Waals surface area contributed by atoms with Gasteiger partial charge in [-0.1, -0.05) is 52.0 Å². The first-order chi connectivity index (χ1) is 10.4. The van der Waals surface area contributed by atoms with Crippen molar-refractivity contribution >= 4 is 0 Å². The van der Waals surface area contributed by atoms with Crippen LogP contribution in [0.15, 0.2) is 36.4 Å². The molecule has 0 heterocycles. The van der Waals surface area contributed by atoms with Gasteiger partial charge in [0, 0.05) is 26.5 Å². The van der Waals surface area contributed by atoms with Gasteiger partial charge in [0.1, 0.15) is 11.5 Å². The predicted molar refractivity (Wildman–Crippen MR) is 92.0 cm³/mol. The van der Waals surface area contributed by atoms with E-state index in [1.807, 2.05) is 6.07 Å². The second kappa shape index (κ2) is 8.01. The molecular formula is C20H26O2W. The first-order valence-corrected chi connectivity index (χ1v) is 7.93. The first-order valence-electron chi connectivity index (χ1n) is 7.93. The zero-order chi connectivity index (χ0) is 16.3. The van der Waals surface area contributed by atoms with Gasteiger partial charge >= 0.3 is 0 Å². The van der Waals surface area contributed by atoms with Crippen LogP contribution < -0.4 is 4.74 Å². The van der Waals surface area contributed by atoms with Crippen LogP contribution in [0.5, 0.6) is 11.5 Å². The molecular weight excluding hydrogens is 456 g/mol. The Morgan fingerprint density at radius 3 is 1.96 bits per heavy atom. The summed E-state index contributed by atoms with van der Waals surface area (Å²) in [5.41, 5.74) is 4.58. The molecule has 23 heavy (non-hydrogen) atoms. The molecule has 0 aliphatic rings. The van der Waals surface area contributed by atoms with E-state index in [4.69, 9.17) is 4.74 Å². The molecule has 1 N–H and O–H groups in total. The van der Waals surface area contributed by atoms with Gasteiger partial charge in [0.25, 0.3) is 0 Å². The SMILES string of the molecule is CCc1cc(C(C)(C)c2ccc(OC)c(CC)c2)ccc1O.[W]. The molecule has 2 aromatic rings. The minimum Gasteiger partial charge on any atom is -0.508 e. The zero-order valence-electron chi connectivity index (χ0n) is 14.6. The minimum atomic E-state index is -0.117. The fraction of sp³-hybridized carbons (Fsp3) is 0.400. The Kier molecular flexibility index (Phi) is 6.89. The summed E-state index contributed by atoms with van der Waals surface area (Å²) in [7, 11) is 1.72. The van der Waals surface area contributed by atoms with Gasteiger partial charge in [-0.3, -0.25) is 0 Å². The summed E-state index contributed by atoms with van der Waals surface area (Å²) in [6.45, 7) is 8.65. The van der Waals surface area contributed by atoms with E-state index < -0.39 is 0 Å². The molecule has 0 saturated carbocycles. The van der Waals surface area contributed by atoms with Gasteiger partial charge in [-0.05, 0) is 47.2 Å². The molecule has 0 saturated heterocycles. The standard InChI is InChI=1S/C20H26O2.W/c1-6-14-12-16(8-10-18(14)21)20(3,4)17-9-11-19(22-5)15(7-2)13-17;/h8-13,21H,6-7H2,1-5H3;. The van der Waals surface area contributed by atoms with Crippen LogP contribution in [0.2, 0.25) is 0 Å². The number of benzene rings is 2. The Labute approximate surface area is 154 Å². The molecule has 0 bridgehead atoms. The van der Waals surface area contributed by atoms with Gasteiger partial charge in [-0.25, -0.2) is 0 Å². The summed E-state index contributed by atoms with van der Waals surface area (Å²) < 4.78 is 5.43. The smallest absolute Gasteiger partial charge is 0.122 e. The molecule has 3 heteroatoms. The van der Waals surface area contributed by atoms with Crippen molar-refractivity contribution in [1.82, 2.24) is 0 Å². The molecule has 0 fully saturated rings. The van der Waals surface area contributed by atoms with Gasteiger partial charge < -0.3 is 9.84 Å². The summed E-state index contributed by atoms with van der Waals surface area (Å²) in [5.74, 6) is 1.33. The van der Waals surface area contributed by atoms with E-state index >= 15 is 0 Å². The summed E-state index contributed by atoms with van der Waals surface area (Å²) >= 11 is 0. The molecule has 0 atom stereocenters. The van der Waals surface area contributed by atoms with Gasteiger partial charge in [0.2, 0.25) is 0 Å². The van der Waals surface area contributed by atoms with Gasteiger partial charge in [0.15, 0.2) is 0 Å². The number of aryl methyl sites for hydroxylation is 2. The number of rotatable bonds is 5. The molecule has 0 unspecified atom stereocenters. The van der Waals surface area contributed by atoms with Crippen LogP contribution in [0.3, 0.4) is 0 Å². The van der Waals surface area contributed by atoms with Gasteiger partial charge in [-0.2, -0.15) is 0 Å². The maximum Gasteiger partial charge on any atom is 0.122 e. The summed E-state index contributed by atoms with van der Waals surface area (Å²) in [5, 5.41) is 9.91. The number of phenols is 1. The van der Waals surface area contributed by atoms with Crippen molar-refractivity contribution in [3.8, 4) is 11.5 Å². The summed E-state index contributed by atoms with van der Waals surface area (Å²) in [6, 6.07) is 12.4. The van der Waals surface area contributed by atoms with E-state index in [2.05, 4.69) is 52.0 Å². The maximum absolute atomic E-state index is 9.91. The van der Waals surface area contributed by atoms with E-state index in [0.717, 1.165) is 24.2 Å². The Bertz CT molecular complexity index is 663. The van der Waals surface area contributed by atoms with E-state index in [-0.39, 0.29) is 26.5 Å². The molecule has 2 aromatic carbocycles. The number of ether oxygens (including phenoxy) is 1. The van der Waals surface area contributed by atoms with Crippen molar-refractivity contribution < 1.29 is 30.9 Å². The zero-order valence-corrected chi connectivity index (χ0v) is 17.6. The van der Waals surface area contributed by atoms with E-state index in [1.54, 1.807) is 13.2 Å². The third-order valence-electron chi connectivity index (χ3n) is 4.57. The Morgan fingerprint density at radius 1 is 0.913 bits per heavy atom. The number of aromatic hydroxyl groups is 1. The van der Waals surface area contributed by atoms with E-state index in [0.29, 0.717) is 5.75 Å². The van der Waals surface area contributed by atoms with Crippen LogP contribution in [0.25, 0.3) is 0 Å². The second-order valence-corrected chi connectivity index (χ2v) is 6.20. The van der Waals surface area contributed by atoms with Crippen molar-refractivity contribution in [2.45, 2.75) is 46.0 Å². The molecule has 0 aliphatic carbocycles. The molecule has 2 rings (SSSR count). The average molecular weight is 482 g/mol. The molecule has 0 spiro atoms. The minimum absolute atomic E-state index is 0. The third-order valence-corrected chi connectivity index (χ3v) is 4.57. The third kappa shape index (κ3) is 3.98. The number of hydrogen-bond donors (Lipinski definition) is 1. The Balaban J connectivity index is 0.00000264. The van der Waals surface area contributed by atoms with E-state index in [9.17, 15) is 5.11 Å². The number of methoxy groups -OCH3 is 1. The number of hydrogen-bond acceptors (Lipinski definition) is 2. The van der Waals surface area contributed by atoms with E-state index in [1.165, 1.54) is 16.7 Å². The molecule has 0 aromatic heterocycles. The van der Waals surface area contributed by atoms with Crippen LogP contribution in [-0.2, 0) is 39.3 Å². The monoisotopic (exact) mass is 482 g/mol. The van der Waals surface area contributed by atoms with Gasteiger partial charge in [0.05, 0.1) is 7.11 Å². The quantitative estimate of drug-likeness (QED) is 0.661. The van der Waals surface area contributed by atoms with Crippen molar-refractivity contribution in [1.29, 1.82) is 0 Å². The van der Waals surface area contributed by atoms with Crippen LogP contribution in [0.4, 0.5) is 0 Å². The maximum atomic E-state index is 9.91. The molecule has 0 amide bonds. The predicted octanol–water partition coefficient (Wildman–Crippen LogP) is 4.85.